The average molecular weight is 288 g/mol. The lowest BCUT2D eigenvalue weighted by atomic mass is 9.80. The molecular formula is C15H16N2O2S. The number of carbonyl (C=O) groups is 1. The molecule has 5 heteroatoms. The summed E-state index contributed by atoms with van der Waals surface area (Å²) in [7, 11) is 0. The van der Waals surface area contributed by atoms with E-state index in [4.69, 9.17) is 4.42 Å². The van der Waals surface area contributed by atoms with Crippen molar-refractivity contribution >= 4 is 22.6 Å². The van der Waals surface area contributed by atoms with Gasteiger partial charge in [-0.2, -0.15) is 5.26 Å². The van der Waals surface area contributed by atoms with Crippen LogP contribution in [0.2, 0.25) is 0 Å². The molecule has 0 N–H and O–H groups in total. The van der Waals surface area contributed by atoms with Gasteiger partial charge in [-0.05, 0) is 39.2 Å². The zero-order valence-corrected chi connectivity index (χ0v) is 12.7. The quantitative estimate of drug-likeness (QED) is 0.836. The van der Waals surface area contributed by atoms with Gasteiger partial charge < -0.3 is 4.42 Å². The van der Waals surface area contributed by atoms with E-state index in [1.807, 2.05) is 32.2 Å². The van der Waals surface area contributed by atoms with Gasteiger partial charge in [0.1, 0.15) is 17.4 Å². The highest BCUT2D eigenvalue weighted by atomic mass is 32.2. The molecule has 2 rings (SSSR count). The molecule has 1 unspecified atom stereocenters. The van der Waals surface area contributed by atoms with Gasteiger partial charge in [-0.1, -0.05) is 0 Å². The van der Waals surface area contributed by atoms with Crippen LogP contribution in [0.1, 0.15) is 31.3 Å². The molecule has 104 valence electrons. The minimum Gasteiger partial charge on any atom is -0.466 e. The molecule has 0 bridgehead atoms. The molecule has 0 spiro atoms. The predicted molar refractivity (Wildman–Crippen MR) is 79.6 cm³/mol. The zero-order chi connectivity index (χ0) is 14.9. The normalized spacial score (nSPS) is 22.4. The van der Waals surface area contributed by atoms with Crippen LogP contribution in [-0.2, 0) is 4.79 Å². The molecule has 0 saturated carbocycles. The number of allylic oxidation sites excluding steroid dienone is 2. The fourth-order valence-corrected chi connectivity index (χ4v) is 3.20. The summed E-state index contributed by atoms with van der Waals surface area (Å²) in [5.74, 6) is 0.514. The molecule has 1 aromatic rings. The van der Waals surface area contributed by atoms with E-state index in [9.17, 15) is 10.1 Å². The number of rotatable bonds is 2. The highest BCUT2D eigenvalue weighted by Crippen LogP contribution is 2.41. The van der Waals surface area contributed by atoms with Gasteiger partial charge in [0.05, 0.1) is 17.0 Å². The van der Waals surface area contributed by atoms with Crippen LogP contribution in [0.3, 0.4) is 0 Å². The second kappa shape index (κ2) is 5.68. The number of furan rings is 1. The van der Waals surface area contributed by atoms with Crippen molar-refractivity contribution in [3.05, 3.63) is 34.9 Å². The SMILES string of the molecule is CSC1=NC(C)=C(C(C)=O)[C@H](c2ccc(C)o2)C1C#N. The molecule has 20 heavy (non-hydrogen) atoms. The summed E-state index contributed by atoms with van der Waals surface area (Å²) in [6, 6.07) is 5.96. The van der Waals surface area contributed by atoms with Crippen LogP contribution in [0, 0.1) is 24.2 Å². The average Bonchev–Trinajstić information content (AvgIpc) is 2.83. The number of hydrogen-bond acceptors (Lipinski definition) is 5. The molecule has 4 nitrogen and oxygen atoms in total. The molecule has 1 aromatic heterocycles. The summed E-state index contributed by atoms with van der Waals surface area (Å²) in [5.41, 5.74) is 1.25. The maximum Gasteiger partial charge on any atom is 0.158 e. The Bertz CT molecular complexity index is 649. The number of nitriles is 1. The molecule has 2 heterocycles. The summed E-state index contributed by atoms with van der Waals surface area (Å²) in [6.45, 7) is 5.17. The lowest BCUT2D eigenvalue weighted by Gasteiger charge is -2.27. The van der Waals surface area contributed by atoms with E-state index in [1.54, 1.807) is 0 Å². The Morgan fingerprint density at radius 2 is 2.15 bits per heavy atom. The first kappa shape index (κ1) is 14.6. The van der Waals surface area contributed by atoms with Crippen molar-refractivity contribution in [3.63, 3.8) is 0 Å². The first-order chi connectivity index (χ1) is 9.49. The molecular weight excluding hydrogens is 272 g/mol. The number of carbonyl (C=O) groups excluding carboxylic acids is 1. The number of aliphatic imine (C=N–C) groups is 1. The fourth-order valence-electron chi connectivity index (χ4n) is 2.53. The van der Waals surface area contributed by atoms with Gasteiger partial charge in [-0.25, -0.2) is 4.99 Å². The monoisotopic (exact) mass is 288 g/mol. The summed E-state index contributed by atoms with van der Waals surface area (Å²) < 4.78 is 5.67. The molecule has 0 aromatic carbocycles. The lowest BCUT2D eigenvalue weighted by Crippen LogP contribution is -2.27. The standard InChI is InChI=1S/C15H16N2O2S/c1-8-5-6-12(19-8)14-11(7-16)15(20-4)17-9(2)13(14)10(3)18/h5-6,11,14H,1-4H3/t11?,14-/m0/s1. The van der Waals surface area contributed by atoms with Gasteiger partial charge in [0, 0.05) is 11.3 Å². The third kappa shape index (κ3) is 2.44. The minimum absolute atomic E-state index is 0.0642. The molecule has 1 aliphatic heterocycles. The van der Waals surface area contributed by atoms with Crippen LogP contribution in [0.15, 0.2) is 32.8 Å². The minimum atomic E-state index is -0.474. The van der Waals surface area contributed by atoms with Gasteiger partial charge in [0.2, 0.25) is 0 Å². The van der Waals surface area contributed by atoms with Crippen molar-refractivity contribution in [2.24, 2.45) is 10.9 Å². The predicted octanol–water partition coefficient (Wildman–Crippen LogP) is 3.45. The number of ketones is 1. The Labute approximate surface area is 122 Å². The largest absolute Gasteiger partial charge is 0.466 e. The zero-order valence-electron chi connectivity index (χ0n) is 11.9. The maximum absolute atomic E-state index is 12.0. The smallest absolute Gasteiger partial charge is 0.158 e. The van der Waals surface area contributed by atoms with Crippen LogP contribution >= 0.6 is 11.8 Å². The molecule has 2 atom stereocenters. The molecule has 0 saturated heterocycles. The van der Waals surface area contributed by atoms with Gasteiger partial charge in [0.15, 0.2) is 5.78 Å². The van der Waals surface area contributed by atoms with Crippen LogP contribution in [-0.4, -0.2) is 17.1 Å². The van der Waals surface area contributed by atoms with E-state index in [-0.39, 0.29) is 11.7 Å². The second-order valence-corrected chi connectivity index (χ2v) is 5.57. The Hall–Kier alpha value is -1.80. The molecule has 0 radical (unpaired) electrons. The highest BCUT2D eigenvalue weighted by Gasteiger charge is 2.38. The fraction of sp³-hybridized carbons (Fsp3) is 0.400. The highest BCUT2D eigenvalue weighted by molar-refractivity contribution is 8.13. The van der Waals surface area contributed by atoms with Crippen molar-refractivity contribution in [2.45, 2.75) is 26.7 Å². The number of nitrogens with zero attached hydrogens (tertiary/aromatic N) is 2. The van der Waals surface area contributed by atoms with Gasteiger partial charge in [-0.15, -0.1) is 11.8 Å². The summed E-state index contributed by atoms with van der Waals surface area (Å²) in [6.07, 6.45) is 1.89. The Kier molecular flexibility index (Phi) is 4.15. The molecule has 1 aliphatic rings. The van der Waals surface area contributed by atoms with Crippen molar-refractivity contribution in [2.75, 3.05) is 6.26 Å². The van der Waals surface area contributed by atoms with Gasteiger partial charge in [-0.3, -0.25) is 4.79 Å². The molecule has 0 amide bonds. The Morgan fingerprint density at radius 3 is 2.60 bits per heavy atom. The summed E-state index contributed by atoms with van der Waals surface area (Å²) >= 11 is 1.44. The first-order valence-electron chi connectivity index (χ1n) is 6.29. The second-order valence-electron chi connectivity index (χ2n) is 4.74. The van der Waals surface area contributed by atoms with E-state index in [0.717, 1.165) is 10.8 Å². The van der Waals surface area contributed by atoms with Crippen molar-refractivity contribution in [3.8, 4) is 6.07 Å². The first-order valence-corrected chi connectivity index (χ1v) is 7.52. The van der Waals surface area contributed by atoms with Gasteiger partial charge in [0.25, 0.3) is 0 Å². The van der Waals surface area contributed by atoms with E-state index in [2.05, 4.69) is 11.1 Å². The maximum atomic E-state index is 12.0. The number of thioether (sulfide) groups is 1. The van der Waals surface area contributed by atoms with E-state index in [1.165, 1.54) is 18.7 Å². The third-order valence-electron chi connectivity index (χ3n) is 3.37. The third-order valence-corrected chi connectivity index (χ3v) is 4.14. The summed E-state index contributed by atoms with van der Waals surface area (Å²) in [4.78, 5) is 16.4. The summed E-state index contributed by atoms with van der Waals surface area (Å²) in [5, 5.41) is 10.2. The number of aryl methyl sites for hydroxylation is 1. The van der Waals surface area contributed by atoms with Crippen LogP contribution in [0.4, 0.5) is 0 Å². The van der Waals surface area contributed by atoms with Crippen molar-refractivity contribution < 1.29 is 9.21 Å². The van der Waals surface area contributed by atoms with E-state index < -0.39 is 5.92 Å². The number of hydrogen-bond donors (Lipinski definition) is 0. The topological polar surface area (TPSA) is 66.4 Å². The van der Waals surface area contributed by atoms with Crippen molar-refractivity contribution in [1.29, 1.82) is 5.26 Å². The lowest BCUT2D eigenvalue weighted by molar-refractivity contribution is -0.114. The van der Waals surface area contributed by atoms with Crippen molar-refractivity contribution in [1.82, 2.24) is 0 Å². The Morgan fingerprint density at radius 1 is 1.45 bits per heavy atom. The molecule has 0 aliphatic carbocycles. The van der Waals surface area contributed by atoms with E-state index in [0.29, 0.717) is 17.0 Å². The number of Topliss-reactive ketones (excluding diaryl/α,β-unsaturated/α-hetero) is 1. The van der Waals surface area contributed by atoms with Crippen LogP contribution < -0.4 is 0 Å². The van der Waals surface area contributed by atoms with Gasteiger partial charge >= 0.3 is 0 Å². The van der Waals surface area contributed by atoms with Crippen LogP contribution in [0.25, 0.3) is 0 Å². The van der Waals surface area contributed by atoms with Crippen LogP contribution in [0.5, 0.6) is 0 Å². The van der Waals surface area contributed by atoms with E-state index >= 15 is 0 Å². The molecule has 0 fully saturated rings. The Balaban J connectivity index is 2.63.